The Kier molecular flexibility index (Phi) is 7.88. The average molecular weight is 483 g/mol. The van der Waals surface area contributed by atoms with E-state index in [1.165, 1.54) is 11.3 Å². The minimum atomic E-state index is 0. The highest BCUT2D eigenvalue weighted by molar-refractivity contribution is 14.0. The van der Waals surface area contributed by atoms with Gasteiger partial charge in [-0.15, -0.1) is 24.0 Å². The standard InChI is InChI=1S/C19H29N7.HI/c1-5-20-19(22-14-17-15(2)23-24(4)16(17)3)26-12-10-25(11-13-26)18-8-6-7-9-21-18;/h6-9H,5,10-14H2,1-4H3,(H,20,22);1H. The minimum absolute atomic E-state index is 0. The van der Waals surface area contributed by atoms with Crippen molar-refractivity contribution in [2.75, 3.05) is 37.6 Å². The van der Waals surface area contributed by atoms with Crippen LogP contribution in [0.3, 0.4) is 0 Å². The number of hydrogen-bond acceptors (Lipinski definition) is 4. The van der Waals surface area contributed by atoms with Gasteiger partial charge in [0.25, 0.3) is 0 Å². The second-order valence-corrected chi connectivity index (χ2v) is 6.61. The zero-order valence-electron chi connectivity index (χ0n) is 16.6. The van der Waals surface area contributed by atoms with Gasteiger partial charge < -0.3 is 15.1 Å². The number of hydrogen-bond donors (Lipinski definition) is 1. The van der Waals surface area contributed by atoms with E-state index < -0.39 is 0 Å². The lowest BCUT2D eigenvalue weighted by molar-refractivity contribution is 0.371. The van der Waals surface area contributed by atoms with Gasteiger partial charge in [-0.3, -0.25) is 4.68 Å². The summed E-state index contributed by atoms with van der Waals surface area (Å²) in [7, 11) is 1.98. The third-order valence-electron chi connectivity index (χ3n) is 4.93. The summed E-state index contributed by atoms with van der Waals surface area (Å²) in [5.74, 6) is 2.03. The molecule has 1 saturated heterocycles. The molecule has 0 aromatic carbocycles. The number of halogens is 1. The number of guanidine groups is 1. The Morgan fingerprint density at radius 2 is 1.93 bits per heavy atom. The molecule has 1 aliphatic rings. The van der Waals surface area contributed by atoms with Crippen molar-refractivity contribution in [1.82, 2.24) is 25.0 Å². The Balaban J connectivity index is 0.00000261. The summed E-state index contributed by atoms with van der Waals surface area (Å²) < 4.78 is 1.93. The number of anilines is 1. The molecule has 1 fully saturated rings. The molecule has 0 atom stereocenters. The Labute approximate surface area is 178 Å². The molecule has 0 unspecified atom stereocenters. The van der Waals surface area contributed by atoms with Gasteiger partial charge in [-0.1, -0.05) is 6.07 Å². The second kappa shape index (κ2) is 9.91. The van der Waals surface area contributed by atoms with E-state index in [4.69, 9.17) is 4.99 Å². The van der Waals surface area contributed by atoms with Crippen molar-refractivity contribution in [3.63, 3.8) is 0 Å². The maximum Gasteiger partial charge on any atom is 0.194 e. The fourth-order valence-corrected chi connectivity index (χ4v) is 3.31. The van der Waals surface area contributed by atoms with Crippen molar-refractivity contribution in [3.05, 3.63) is 41.3 Å². The SMILES string of the molecule is CCNC(=NCc1c(C)nn(C)c1C)N1CCN(c2ccccn2)CC1.I. The first-order chi connectivity index (χ1) is 12.6. The van der Waals surface area contributed by atoms with Crippen molar-refractivity contribution in [3.8, 4) is 0 Å². The number of aromatic nitrogens is 3. The highest BCUT2D eigenvalue weighted by Crippen LogP contribution is 2.15. The number of pyridine rings is 1. The molecule has 1 aliphatic heterocycles. The molecule has 2 aromatic rings. The summed E-state index contributed by atoms with van der Waals surface area (Å²) in [4.78, 5) is 14.0. The lowest BCUT2D eigenvalue weighted by Crippen LogP contribution is -2.52. The number of piperazine rings is 1. The number of nitrogens with one attached hydrogen (secondary N) is 1. The first-order valence-electron chi connectivity index (χ1n) is 9.28. The Bertz CT molecular complexity index is 749. The fourth-order valence-electron chi connectivity index (χ4n) is 3.31. The molecule has 27 heavy (non-hydrogen) atoms. The Morgan fingerprint density at radius 3 is 2.48 bits per heavy atom. The zero-order chi connectivity index (χ0) is 18.5. The summed E-state index contributed by atoms with van der Waals surface area (Å²) in [6.07, 6.45) is 1.85. The third kappa shape index (κ3) is 5.12. The molecule has 3 heterocycles. The smallest absolute Gasteiger partial charge is 0.194 e. The van der Waals surface area contributed by atoms with Crippen LogP contribution in [0.25, 0.3) is 0 Å². The monoisotopic (exact) mass is 483 g/mol. The molecule has 3 rings (SSSR count). The van der Waals surface area contributed by atoms with Gasteiger partial charge in [0, 0.05) is 57.2 Å². The van der Waals surface area contributed by atoms with Gasteiger partial charge in [0.15, 0.2) is 5.96 Å². The summed E-state index contributed by atoms with van der Waals surface area (Å²) in [6, 6.07) is 6.07. The van der Waals surface area contributed by atoms with Crippen molar-refractivity contribution < 1.29 is 0 Å². The van der Waals surface area contributed by atoms with E-state index in [1.54, 1.807) is 0 Å². The van der Waals surface area contributed by atoms with Crippen LogP contribution < -0.4 is 10.2 Å². The van der Waals surface area contributed by atoms with Crippen LogP contribution in [-0.4, -0.2) is 58.3 Å². The molecular formula is C19H30IN7. The van der Waals surface area contributed by atoms with Gasteiger partial charge in [-0.05, 0) is 32.9 Å². The van der Waals surface area contributed by atoms with E-state index in [-0.39, 0.29) is 24.0 Å². The molecule has 7 nitrogen and oxygen atoms in total. The van der Waals surface area contributed by atoms with Crippen LogP contribution in [0.2, 0.25) is 0 Å². The molecule has 0 aliphatic carbocycles. The second-order valence-electron chi connectivity index (χ2n) is 6.61. The van der Waals surface area contributed by atoms with Crippen LogP contribution in [0, 0.1) is 13.8 Å². The van der Waals surface area contributed by atoms with Crippen LogP contribution in [0.5, 0.6) is 0 Å². The number of rotatable bonds is 4. The Hall–Kier alpha value is -1.84. The first kappa shape index (κ1) is 21.5. The third-order valence-corrected chi connectivity index (χ3v) is 4.93. The highest BCUT2D eigenvalue weighted by atomic mass is 127. The molecule has 0 saturated carbocycles. The van der Waals surface area contributed by atoms with Gasteiger partial charge in [0.2, 0.25) is 0 Å². The summed E-state index contributed by atoms with van der Waals surface area (Å²) in [5, 5.41) is 7.93. The topological polar surface area (TPSA) is 61.6 Å². The van der Waals surface area contributed by atoms with E-state index >= 15 is 0 Å². The maximum atomic E-state index is 4.88. The molecule has 0 bridgehead atoms. The first-order valence-corrected chi connectivity index (χ1v) is 9.28. The molecule has 0 spiro atoms. The van der Waals surface area contributed by atoms with Gasteiger partial charge >= 0.3 is 0 Å². The van der Waals surface area contributed by atoms with Crippen LogP contribution in [0.1, 0.15) is 23.9 Å². The van der Waals surface area contributed by atoms with Crippen LogP contribution in [-0.2, 0) is 13.6 Å². The van der Waals surface area contributed by atoms with Crippen LogP contribution in [0.15, 0.2) is 29.4 Å². The van der Waals surface area contributed by atoms with Crippen molar-refractivity contribution in [2.24, 2.45) is 12.0 Å². The largest absolute Gasteiger partial charge is 0.357 e. The van der Waals surface area contributed by atoms with Crippen molar-refractivity contribution in [2.45, 2.75) is 27.3 Å². The molecule has 0 radical (unpaired) electrons. The minimum Gasteiger partial charge on any atom is -0.357 e. The summed E-state index contributed by atoms with van der Waals surface area (Å²) in [5.41, 5.74) is 3.46. The molecule has 0 amide bonds. The number of aliphatic imine (C=N–C) groups is 1. The van der Waals surface area contributed by atoms with Crippen LogP contribution >= 0.6 is 24.0 Å². The highest BCUT2D eigenvalue weighted by Gasteiger charge is 2.20. The normalized spacial score (nSPS) is 14.9. The fraction of sp³-hybridized carbons (Fsp3) is 0.526. The van der Waals surface area contributed by atoms with E-state index in [0.29, 0.717) is 6.54 Å². The van der Waals surface area contributed by atoms with E-state index in [2.05, 4.69) is 52.0 Å². The quantitative estimate of drug-likeness (QED) is 0.411. The maximum absolute atomic E-state index is 4.88. The lowest BCUT2D eigenvalue weighted by atomic mass is 10.2. The van der Waals surface area contributed by atoms with Gasteiger partial charge in [-0.2, -0.15) is 5.10 Å². The average Bonchev–Trinajstić information content (AvgIpc) is 2.91. The van der Waals surface area contributed by atoms with Crippen LogP contribution in [0.4, 0.5) is 5.82 Å². The predicted octanol–water partition coefficient (Wildman–Crippen LogP) is 2.34. The van der Waals surface area contributed by atoms with Gasteiger partial charge in [-0.25, -0.2) is 9.98 Å². The number of nitrogens with zero attached hydrogens (tertiary/aromatic N) is 6. The predicted molar refractivity (Wildman–Crippen MR) is 121 cm³/mol. The summed E-state index contributed by atoms with van der Waals surface area (Å²) >= 11 is 0. The lowest BCUT2D eigenvalue weighted by Gasteiger charge is -2.37. The van der Waals surface area contributed by atoms with Gasteiger partial charge in [0.05, 0.1) is 12.2 Å². The zero-order valence-corrected chi connectivity index (χ0v) is 19.0. The van der Waals surface area contributed by atoms with Crippen molar-refractivity contribution in [1.29, 1.82) is 0 Å². The van der Waals surface area contributed by atoms with Crippen molar-refractivity contribution >= 4 is 35.8 Å². The molecule has 1 N–H and O–H groups in total. The van der Waals surface area contributed by atoms with E-state index in [9.17, 15) is 0 Å². The molecular weight excluding hydrogens is 453 g/mol. The Morgan fingerprint density at radius 1 is 1.19 bits per heavy atom. The van der Waals surface area contributed by atoms with E-state index in [0.717, 1.165) is 50.2 Å². The molecule has 8 heteroatoms. The van der Waals surface area contributed by atoms with Gasteiger partial charge in [0.1, 0.15) is 5.82 Å². The molecule has 148 valence electrons. The number of aryl methyl sites for hydroxylation is 2. The molecule has 2 aromatic heterocycles. The van der Waals surface area contributed by atoms with E-state index in [1.807, 2.05) is 30.1 Å². The summed E-state index contributed by atoms with van der Waals surface area (Å²) in [6.45, 7) is 11.6.